The highest BCUT2D eigenvalue weighted by molar-refractivity contribution is 7.89. The number of carbonyl (C=O) groups is 1. The van der Waals surface area contributed by atoms with E-state index in [9.17, 15) is 13.2 Å². The lowest BCUT2D eigenvalue weighted by molar-refractivity contribution is 0.0997. The summed E-state index contributed by atoms with van der Waals surface area (Å²) in [5, 5.41) is 0.453. The molecule has 100 valence electrons. The van der Waals surface area contributed by atoms with Crippen LogP contribution in [0.5, 0.6) is 0 Å². The molecule has 0 aliphatic carbocycles. The molecule has 6 heteroatoms. The van der Waals surface area contributed by atoms with E-state index in [0.717, 1.165) is 6.42 Å². The van der Waals surface area contributed by atoms with Gasteiger partial charge in [-0.25, -0.2) is 13.1 Å². The highest BCUT2D eigenvalue weighted by atomic mass is 35.5. The van der Waals surface area contributed by atoms with Crippen LogP contribution in [-0.2, 0) is 10.0 Å². The van der Waals surface area contributed by atoms with Gasteiger partial charge >= 0.3 is 0 Å². The van der Waals surface area contributed by atoms with Crippen LogP contribution in [0.25, 0.3) is 0 Å². The number of carbonyl (C=O) groups excluding carboxylic acids is 1. The lowest BCUT2D eigenvalue weighted by Crippen LogP contribution is -2.31. The van der Waals surface area contributed by atoms with Crippen LogP contribution in [0.4, 0.5) is 0 Å². The third kappa shape index (κ3) is 5.16. The Morgan fingerprint density at radius 3 is 2.72 bits per heavy atom. The Kier molecular flexibility index (Phi) is 5.78. The fraction of sp³-hybridized carbons (Fsp3) is 0.417. The maximum Gasteiger partial charge on any atom is 0.212 e. The molecule has 0 amide bonds. The molecule has 4 nitrogen and oxygen atoms in total. The number of hydrogen-bond acceptors (Lipinski definition) is 3. The standard InChI is InChI=1S/C12H16ClNO3S/c1-2-3-7-18(16,17)14-9-12(15)10-5-4-6-11(13)8-10/h4-6,8,14H,2-3,7,9H2,1H3. The average molecular weight is 290 g/mol. The minimum Gasteiger partial charge on any atom is -0.293 e. The van der Waals surface area contributed by atoms with Gasteiger partial charge in [-0.05, 0) is 18.6 Å². The van der Waals surface area contributed by atoms with Gasteiger partial charge in [-0.15, -0.1) is 0 Å². The molecule has 1 N–H and O–H groups in total. The van der Waals surface area contributed by atoms with Crippen LogP contribution in [0.1, 0.15) is 30.1 Å². The molecule has 0 atom stereocenters. The molecular weight excluding hydrogens is 274 g/mol. The third-order valence-electron chi connectivity index (χ3n) is 2.37. The van der Waals surface area contributed by atoms with E-state index in [1.807, 2.05) is 6.92 Å². The number of benzene rings is 1. The number of nitrogens with one attached hydrogen (secondary N) is 1. The van der Waals surface area contributed by atoms with Crippen molar-refractivity contribution in [1.82, 2.24) is 4.72 Å². The molecule has 0 spiro atoms. The average Bonchev–Trinajstić information content (AvgIpc) is 2.34. The van der Waals surface area contributed by atoms with Crippen LogP contribution >= 0.6 is 11.6 Å². The molecule has 0 aliphatic heterocycles. The first-order valence-corrected chi connectivity index (χ1v) is 7.74. The van der Waals surface area contributed by atoms with Gasteiger partial charge in [0.2, 0.25) is 10.0 Å². The third-order valence-corrected chi connectivity index (χ3v) is 4.01. The van der Waals surface area contributed by atoms with Crippen LogP contribution in [0, 0.1) is 0 Å². The summed E-state index contributed by atoms with van der Waals surface area (Å²) in [6.07, 6.45) is 1.38. The van der Waals surface area contributed by atoms with E-state index in [4.69, 9.17) is 11.6 Å². The SMILES string of the molecule is CCCCS(=O)(=O)NCC(=O)c1cccc(Cl)c1. The fourth-order valence-corrected chi connectivity index (χ4v) is 2.70. The van der Waals surface area contributed by atoms with Gasteiger partial charge in [0.1, 0.15) is 0 Å². The summed E-state index contributed by atoms with van der Waals surface area (Å²) in [4.78, 5) is 11.7. The Morgan fingerprint density at radius 2 is 2.11 bits per heavy atom. The maximum atomic E-state index is 11.7. The molecule has 1 rings (SSSR count). The molecule has 0 heterocycles. The zero-order valence-corrected chi connectivity index (χ0v) is 11.7. The minimum absolute atomic E-state index is 0.0479. The summed E-state index contributed by atoms with van der Waals surface area (Å²) in [6.45, 7) is 1.68. The van der Waals surface area contributed by atoms with Crippen molar-refractivity contribution < 1.29 is 13.2 Å². The van der Waals surface area contributed by atoms with Gasteiger partial charge in [0, 0.05) is 10.6 Å². The van der Waals surface area contributed by atoms with E-state index in [1.54, 1.807) is 18.2 Å². The Bertz CT molecular complexity index is 514. The van der Waals surface area contributed by atoms with Crippen molar-refractivity contribution >= 4 is 27.4 Å². The lowest BCUT2D eigenvalue weighted by Gasteiger charge is -2.05. The van der Waals surface area contributed by atoms with Crippen LogP contribution in [-0.4, -0.2) is 26.5 Å². The van der Waals surface area contributed by atoms with Crippen molar-refractivity contribution in [2.75, 3.05) is 12.3 Å². The number of ketones is 1. The summed E-state index contributed by atoms with van der Waals surface area (Å²) in [5.74, 6) is -0.246. The van der Waals surface area contributed by atoms with Gasteiger partial charge in [0.25, 0.3) is 0 Å². The minimum atomic E-state index is -3.36. The topological polar surface area (TPSA) is 63.2 Å². The Balaban J connectivity index is 2.56. The summed E-state index contributed by atoms with van der Waals surface area (Å²) < 4.78 is 25.3. The molecule has 0 saturated heterocycles. The summed E-state index contributed by atoms with van der Waals surface area (Å²) >= 11 is 5.76. The molecule has 0 aromatic heterocycles. The molecule has 0 unspecified atom stereocenters. The maximum absolute atomic E-state index is 11.7. The van der Waals surface area contributed by atoms with Crippen LogP contribution in [0.15, 0.2) is 24.3 Å². The summed E-state index contributed by atoms with van der Waals surface area (Å²) in [6, 6.07) is 6.43. The van der Waals surface area contributed by atoms with Crippen molar-refractivity contribution in [2.45, 2.75) is 19.8 Å². The largest absolute Gasteiger partial charge is 0.293 e. The molecule has 0 aliphatic rings. The number of halogens is 1. The first-order chi connectivity index (χ1) is 8.44. The first kappa shape index (κ1) is 15.1. The zero-order chi connectivity index (χ0) is 13.6. The van der Waals surface area contributed by atoms with Crippen molar-refractivity contribution in [3.63, 3.8) is 0 Å². The van der Waals surface area contributed by atoms with Gasteiger partial charge in [-0.1, -0.05) is 37.1 Å². The predicted octanol–water partition coefficient (Wildman–Crippen LogP) is 2.24. The smallest absolute Gasteiger partial charge is 0.212 e. The molecular formula is C12H16ClNO3S. The van der Waals surface area contributed by atoms with E-state index < -0.39 is 10.0 Å². The lowest BCUT2D eigenvalue weighted by atomic mass is 10.1. The van der Waals surface area contributed by atoms with Crippen molar-refractivity contribution in [1.29, 1.82) is 0 Å². The normalized spacial score (nSPS) is 11.4. The Labute approximate surface area is 112 Å². The van der Waals surface area contributed by atoms with Gasteiger partial charge in [-0.3, -0.25) is 4.79 Å². The van der Waals surface area contributed by atoms with Crippen molar-refractivity contribution in [3.8, 4) is 0 Å². The van der Waals surface area contributed by atoms with E-state index >= 15 is 0 Å². The number of Topliss-reactive ketones (excluding diaryl/α,β-unsaturated/α-hetero) is 1. The fourth-order valence-electron chi connectivity index (χ4n) is 1.35. The van der Waals surface area contributed by atoms with Gasteiger partial charge < -0.3 is 0 Å². The van der Waals surface area contributed by atoms with Crippen LogP contribution < -0.4 is 4.72 Å². The Morgan fingerprint density at radius 1 is 1.39 bits per heavy atom. The number of hydrogen-bond donors (Lipinski definition) is 1. The Hall–Kier alpha value is -0.910. The summed E-state index contributed by atoms with van der Waals surface area (Å²) in [5.41, 5.74) is 0.403. The van der Waals surface area contributed by atoms with E-state index in [-0.39, 0.29) is 18.1 Å². The van der Waals surface area contributed by atoms with Crippen molar-refractivity contribution in [2.24, 2.45) is 0 Å². The molecule has 1 aromatic rings. The number of unbranched alkanes of at least 4 members (excludes halogenated alkanes) is 1. The first-order valence-electron chi connectivity index (χ1n) is 5.70. The highest BCUT2D eigenvalue weighted by Gasteiger charge is 2.13. The molecule has 0 fully saturated rings. The van der Waals surface area contributed by atoms with Crippen LogP contribution in [0.2, 0.25) is 5.02 Å². The molecule has 0 radical (unpaired) electrons. The summed E-state index contributed by atoms with van der Waals surface area (Å²) in [7, 11) is -3.36. The quantitative estimate of drug-likeness (QED) is 0.783. The molecule has 18 heavy (non-hydrogen) atoms. The zero-order valence-electron chi connectivity index (χ0n) is 10.1. The number of sulfonamides is 1. The second kappa shape index (κ2) is 6.87. The molecule has 0 bridgehead atoms. The number of rotatable bonds is 7. The van der Waals surface area contributed by atoms with Gasteiger partial charge in [0.05, 0.1) is 12.3 Å². The molecule has 1 aromatic carbocycles. The second-order valence-corrected chi connectivity index (χ2v) is 6.29. The van der Waals surface area contributed by atoms with Gasteiger partial charge in [0.15, 0.2) is 5.78 Å². The van der Waals surface area contributed by atoms with E-state index in [2.05, 4.69) is 4.72 Å². The predicted molar refractivity (Wildman–Crippen MR) is 72.5 cm³/mol. The molecule has 0 saturated carbocycles. The van der Waals surface area contributed by atoms with E-state index in [0.29, 0.717) is 17.0 Å². The highest BCUT2D eigenvalue weighted by Crippen LogP contribution is 2.10. The van der Waals surface area contributed by atoms with Gasteiger partial charge in [-0.2, -0.15) is 0 Å². The van der Waals surface area contributed by atoms with Crippen LogP contribution in [0.3, 0.4) is 0 Å². The second-order valence-electron chi connectivity index (χ2n) is 3.93. The monoisotopic (exact) mass is 289 g/mol. The van der Waals surface area contributed by atoms with E-state index in [1.165, 1.54) is 6.07 Å². The van der Waals surface area contributed by atoms with Crippen molar-refractivity contribution in [3.05, 3.63) is 34.9 Å².